The molecule has 2 atom stereocenters. The van der Waals surface area contributed by atoms with E-state index in [1.165, 1.54) is 18.2 Å². The van der Waals surface area contributed by atoms with Crippen LogP contribution in [0.3, 0.4) is 0 Å². The van der Waals surface area contributed by atoms with Gasteiger partial charge in [-0.15, -0.1) is 0 Å². The van der Waals surface area contributed by atoms with E-state index in [0.717, 1.165) is 5.56 Å². The van der Waals surface area contributed by atoms with Crippen molar-refractivity contribution in [1.29, 1.82) is 0 Å². The maximum absolute atomic E-state index is 14.3. The van der Waals surface area contributed by atoms with Crippen LogP contribution >= 0.6 is 0 Å². The van der Waals surface area contributed by atoms with Crippen molar-refractivity contribution in [3.05, 3.63) is 83.7 Å². The van der Waals surface area contributed by atoms with E-state index >= 15 is 0 Å². The summed E-state index contributed by atoms with van der Waals surface area (Å²) in [5.74, 6) is -1.24. The first-order chi connectivity index (χ1) is 14.0. The molecule has 5 nitrogen and oxygen atoms in total. The fourth-order valence-electron chi connectivity index (χ4n) is 3.83. The number of benzene rings is 2. The average Bonchev–Trinajstić information content (AvgIpc) is 3.36. The summed E-state index contributed by atoms with van der Waals surface area (Å²) in [6, 6.07) is 12.1. The summed E-state index contributed by atoms with van der Waals surface area (Å²) in [6.07, 6.45) is 3.69. The molecule has 0 radical (unpaired) electrons. The van der Waals surface area contributed by atoms with E-state index in [9.17, 15) is 13.6 Å². The van der Waals surface area contributed by atoms with Gasteiger partial charge >= 0.3 is 0 Å². The highest BCUT2D eigenvalue weighted by molar-refractivity contribution is 5.96. The van der Waals surface area contributed by atoms with Crippen LogP contribution in [0, 0.1) is 17.6 Å². The zero-order valence-corrected chi connectivity index (χ0v) is 16.1. The molecule has 0 unspecified atom stereocenters. The molecule has 2 heterocycles. The number of hydrogen-bond acceptors (Lipinski definition) is 3. The number of rotatable bonds is 5. The lowest BCUT2D eigenvalue weighted by Crippen LogP contribution is -2.38. The van der Waals surface area contributed by atoms with Crippen LogP contribution in [-0.2, 0) is 18.4 Å². The Kier molecular flexibility index (Phi) is 5.40. The first-order valence-electron chi connectivity index (χ1n) is 9.52. The number of nitrogens with zero attached hydrogens (tertiary/aromatic N) is 3. The van der Waals surface area contributed by atoms with Crippen LogP contribution < -0.4 is 10.2 Å². The first kappa shape index (κ1) is 19.3. The molecule has 2 aromatic carbocycles. The van der Waals surface area contributed by atoms with Crippen molar-refractivity contribution < 1.29 is 13.6 Å². The molecule has 1 amide bonds. The molecule has 1 aliphatic rings. The highest BCUT2D eigenvalue weighted by Gasteiger charge is 2.37. The van der Waals surface area contributed by atoms with Crippen molar-refractivity contribution in [1.82, 2.24) is 15.1 Å². The second-order valence-electron chi connectivity index (χ2n) is 7.31. The summed E-state index contributed by atoms with van der Waals surface area (Å²) in [4.78, 5) is 15.1. The minimum atomic E-state index is -0.386. The highest BCUT2D eigenvalue weighted by atomic mass is 19.1. The Balaban J connectivity index is 1.67. The van der Waals surface area contributed by atoms with Gasteiger partial charge in [0.1, 0.15) is 11.6 Å². The lowest BCUT2D eigenvalue weighted by atomic mass is 9.89. The summed E-state index contributed by atoms with van der Waals surface area (Å²) in [5, 5.41) is 7.50. The number of aromatic nitrogens is 2. The van der Waals surface area contributed by atoms with Crippen LogP contribution in [0.4, 0.5) is 14.5 Å². The third-order valence-electron chi connectivity index (χ3n) is 5.38. The molecule has 29 heavy (non-hydrogen) atoms. The Hall–Kier alpha value is -3.06. The van der Waals surface area contributed by atoms with Gasteiger partial charge in [0, 0.05) is 43.5 Å². The molecule has 1 N–H and O–H groups in total. The molecular weight excluding hydrogens is 374 g/mol. The molecule has 4 rings (SSSR count). The van der Waals surface area contributed by atoms with E-state index in [1.54, 1.807) is 46.1 Å². The predicted octanol–water partition coefficient (Wildman–Crippen LogP) is 3.23. The van der Waals surface area contributed by atoms with Gasteiger partial charge in [0.15, 0.2) is 0 Å². The van der Waals surface area contributed by atoms with Gasteiger partial charge < -0.3 is 10.2 Å². The fourth-order valence-corrected chi connectivity index (χ4v) is 3.83. The molecule has 1 aromatic heterocycles. The number of hydrogen-bond donors (Lipinski definition) is 1. The maximum atomic E-state index is 14.3. The SMILES string of the molecule is Cn1cc([C@H]2CNC[C@@H]2C(=O)N(Cc2ccccc2F)c2ccc(F)cc2)cn1. The molecule has 7 heteroatoms. The molecule has 0 spiro atoms. The third-order valence-corrected chi connectivity index (χ3v) is 5.38. The van der Waals surface area contributed by atoms with Gasteiger partial charge in [0.05, 0.1) is 18.7 Å². The number of anilines is 1. The van der Waals surface area contributed by atoms with E-state index in [2.05, 4.69) is 10.4 Å². The van der Waals surface area contributed by atoms with Crippen LogP contribution in [0.2, 0.25) is 0 Å². The van der Waals surface area contributed by atoms with Crippen molar-refractivity contribution in [2.45, 2.75) is 12.5 Å². The molecule has 0 aliphatic carbocycles. The average molecular weight is 396 g/mol. The zero-order chi connectivity index (χ0) is 20.4. The Morgan fingerprint density at radius 3 is 2.62 bits per heavy atom. The normalized spacial score (nSPS) is 18.7. The molecule has 0 bridgehead atoms. The van der Waals surface area contributed by atoms with Crippen LogP contribution in [0.25, 0.3) is 0 Å². The van der Waals surface area contributed by atoms with Crippen molar-refractivity contribution in [3.8, 4) is 0 Å². The lowest BCUT2D eigenvalue weighted by molar-refractivity contribution is -0.122. The van der Waals surface area contributed by atoms with Crippen molar-refractivity contribution in [2.75, 3.05) is 18.0 Å². The molecule has 1 fully saturated rings. The van der Waals surface area contributed by atoms with E-state index in [1.807, 2.05) is 13.2 Å². The number of amides is 1. The van der Waals surface area contributed by atoms with Crippen LogP contribution in [0.15, 0.2) is 60.9 Å². The number of carbonyl (C=O) groups is 1. The van der Waals surface area contributed by atoms with E-state index in [4.69, 9.17) is 0 Å². The van der Waals surface area contributed by atoms with E-state index < -0.39 is 0 Å². The van der Waals surface area contributed by atoms with Gasteiger partial charge in [0.25, 0.3) is 0 Å². The minimum Gasteiger partial charge on any atom is -0.315 e. The summed E-state index contributed by atoms with van der Waals surface area (Å²) in [5.41, 5.74) is 1.94. The van der Waals surface area contributed by atoms with Gasteiger partial charge in [-0.3, -0.25) is 9.48 Å². The van der Waals surface area contributed by atoms with Crippen molar-refractivity contribution in [2.24, 2.45) is 13.0 Å². The van der Waals surface area contributed by atoms with Crippen LogP contribution in [0.5, 0.6) is 0 Å². The predicted molar refractivity (Wildman–Crippen MR) is 106 cm³/mol. The minimum absolute atomic E-state index is 0.0280. The van der Waals surface area contributed by atoms with Gasteiger partial charge in [-0.1, -0.05) is 18.2 Å². The smallest absolute Gasteiger partial charge is 0.232 e. The van der Waals surface area contributed by atoms with Crippen LogP contribution in [-0.4, -0.2) is 28.8 Å². The Bertz CT molecular complexity index is 1000. The Morgan fingerprint density at radius 2 is 1.93 bits per heavy atom. The van der Waals surface area contributed by atoms with E-state index in [-0.39, 0.29) is 35.9 Å². The summed E-state index contributed by atoms with van der Waals surface area (Å²) in [7, 11) is 1.84. The van der Waals surface area contributed by atoms with Gasteiger partial charge in [0.2, 0.25) is 5.91 Å². The Morgan fingerprint density at radius 1 is 1.17 bits per heavy atom. The maximum Gasteiger partial charge on any atom is 0.232 e. The fraction of sp³-hybridized carbons (Fsp3) is 0.273. The Labute approximate surface area is 168 Å². The second-order valence-corrected chi connectivity index (χ2v) is 7.31. The molecule has 1 aliphatic heterocycles. The standard InChI is InChI=1S/C22H22F2N4O/c1-27-13-16(10-26-27)19-11-25-12-20(19)22(29)28(18-8-6-17(23)7-9-18)14-15-4-2-3-5-21(15)24/h2-10,13,19-20,25H,11-12,14H2,1H3/t19-,20+/m1/s1. The number of nitrogens with one attached hydrogen (secondary N) is 1. The van der Waals surface area contributed by atoms with Gasteiger partial charge in [-0.2, -0.15) is 5.10 Å². The van der Waals surface area contributed by atoms with Crippen LogP contribution in [0.1, 0.15) is 17.0 Å². The lowest BCUT2D eigenvalue weighted by Gasteiger charge is -2.28. The highest BCUT2D eigenvalue weighted by Crippen LogP contribution is 2.32. The van der Waals surface area contributed by atoms with Gasteiger partial charge in [-0.25, -0.2) is 8.78 Å². The van der Waals surface area contributed by atoms with Crippen molar-refractivity contribution in [3.63, 3.8) is 0 Å². The van der Waals surface area contributed by atoms with Crippen molar-refractivity contribution >= 4 is 11.6 Å². The summed E-state index contributed by atoms with van der Waals surface area (Å²) in [6.45, 7) is 1.26. The quantitative estimate of drug-likeness (QED) is 0.720. The summed E-state index contributed by atoms with van der Waals surface area (Å²) < 4.78 is 29.5. The third kappa shape index (κ3) is 4.05. The molecule has 3 aromatic rings. The number of aryl methyl sites for hydroxylation is 1. The zero-order valence-electron chi connectivity index (χ0n) is 16.1. The van der Waals surface area contributed by atoms with Gasteiger partial charge in [-0.05, 0) is 35.9 Å². The molecule has 1 saturated heterocycles. The summed E-state index contributed by atoms with van der Waals surface area (Å²) >= 11 is 0. The molecule has 0 saturated carbocycles. The topological polar surface area (TPSA) is 50.2 Å². The first-order valence-corrected chi connectivity index (χ1v) is 9.52. The largest absolute Gasteiger partial charge is 0.315 e. The molecular formula is C22H22F2N4O. The monoisotopic (exact) mass is 396 g/mol. The second kappa shape index (κ2) is 8.13. The van der Waals surface area contributed by atoms with E-state index in [0.29, 0.717) is 24.3 Å². The number of halogens is 2. The number of carbonyl (C=O) groups excluding carboxylic acids is 1. The molecule has 150 valence electrons.